The van der Waals surface area contributed by atoms with E-state index in [1.807, 2.05) is 67.6 Å². The van der Waals surface area contributed by atoms with E-state index in [1.165, 1.54) is 9.80 Å². The van der Waals surface area contributed by atoms with Crippen LogP contribution in [0.1, 0.15) is 30.9 Å². The van der Waals surface area contributed by atoms with Crippen LogP contribution in [0.15, 0.2) is 110 Å². The topological polar surface area (TPSA) is 90.4 Å². The number of benzene rings is 3. The van der Waals surface area contributed by atoms with Crippen LogP contribution in [-0.2, 0) is 32.1 Å². The van der Waals surface area contributed by atoms with Crippen molar-refractivity contribution < 1.29 is 24.2 Å². The first-order chi connectivity index (χ1) is 23.2. The van der Waals surface area contributed by atoms with Gasteiger partial charge in [0, 0.05) is 19.6 Å². The first kappa shape index (κ1) is 33.7. The van der Waals surface area contributed by atoms with Crippen LogP contribution in [0.2, 0.25) is 5.02 Å². The van der Waals surface area contributed by atoms with Gasteiger partial charge in [0.2, 0.25) is 11.8 Å². The smallest absolute Gasteiger partial charge is 0.253 e. The van der Waals surface area contributed by atoms with Gasteiger partial charge in [-0.25, -0.2) is 0 Å². The van der Waals surface area contributed by atoms with Crippen LogP contribution in [0.3, 0.4) is 0 Å². The molecule has 9 heteroatoms. The summed E-state index contributed by atoms with van der Waals surface area (Å²) >= 11 is 6.64. The molecule has 0 radical (unpaired) electrons. The highest BCUT2D eigenvalue weighted by Crippen LogP contribution is 2.64. The largest absolute Gasteiger partial charge is 0.394 e. The van der Waals surface area contributed by atoms with Gasteiger partial charge in [0.05, 0.1) is 40.8 Å². The molecular formula is C39H42ClN3O5. The van der Waals surface area contributed by atoms with Crippen molar-refractivity contribution in [3.05, 3.63) is 126 Å². The zero-order chi connectivity index (χ0) is 34.1. The fourth-order valence-electron chi connectivity index (χ4n) is 8.19. The van der Waals surface area contributed by atoms with Gasteiger partial charge in [-0.3, -0.25) is 14.4 Å². The maximum absolute atomic E-state index is 15.1. The van der Waals surface area contributed by atoms with E-state index in [-0.39, 0.29) is 31.5 Å². The Hall–Kier alpha value is -4.24. The summed E-state index contributed by atoms with van der Waals surface area (Å²) in [5, 5.41) is 11.2. The molecule has 2 unspecified atom stereocenters. The summed E-state index contributed by atoms with van der Waals surface area (Å²) in [6.07, 6.45) is 4.51. The fraction of sp³-hybridized carbons (Fsp3) is 0.359. The van der Waals surface area contributed by atoms with Crippen LogP contribution in [0, 0.1) is 11.8 Å². The SMILES string of the molecule is C=CCN(Cc1ccccc1)C(=O)[C@@H]1[C@H]2C(=O)N([C@@H](CO)Cc3ccccc3)C(C(=O)N(CC=C)c3ccccc3Cl)C23CC[C@@]1(C)O3. The Bertz CT molecular complexity index is 1690. The molecule has 6 rings (SSSR count). The maximum Gasteiger partial charge on any atom is 0.253 e. The number of amides is 3. The number of carbonyl (C=O) groups is 3. The number of anilines is 1. The molecule has 6 atom stereocenters. The van der Waals surface area contributed by atoms with Crippen LogP contribution in [0.25, 0.3) is 0 Å². The number of fused-ring (bicyclic) bond motifs is 1. The number of halogens is 1. The zero-order valence-corrected chi connectivity index (χ0v) is 28.0. The van der Waals surface area contributed by atoms with Crippen LogP contribution in [-0.4, -0.2) is 75.6 Å². The molecule has 3 amide bonds. The number of likely N-dealkylation sites (tertiary alicyclic amines) is 1. The summed E-state index contributed by atoms with van der Waals surface area (Å²) in [7, 11) is 0. The summed E-state index contributed by atoms with van der Waals surface area (Å²) in [6.45, 7) is 10.0. The molecule has 1 spiro atoms. The zero-order valence-electron chi connectivity index (χ0n) is 27.2. The third-order valence-corrected chi connectivity index (χ3v) is 10.6. The Kier molecular flexibility index (Phi) is 9.61. The van der Waals surface area contributed by atoms with E-state index in [0.29, 0.717) is 36.5 Å². The van der Waals surface area contributed by atoms with Gasteiger partial charge in [-0.1, -0.05) is 96.5 Å². The van der Waals surface area contributed by atoms with Gasteiger partial charge in [-0.05, 0) is 49.4 Å². The molecule has 3 aromatic rings. The molecule has 48 heavy (non-hydrogen) atoms. The number of aliphatic hydroxyl groups is 1. The lowest BCUT2D eigenvalue weighted by molar-refractivity contribution is -0.152. The average molecular weight is 668 g/mol. The number of hydrogen-bond acceptors (Lipinski definition) is 5. The first-order valence-corrected chi connectivity index (χ1v) is 16.8. The molecular weight excluding hydrogens is 626 g/mol. The molecule has 3 aromatic carbocycles. The van der Waals surface area contributed by atoms with Gasteiger partial charge in [0.15, 0.2) is 0 Å². The van der Waals surface area contributed by atoms with E-state index in [4.69, 9.17) is 16.3 Å². The van der Waals surface area contributed by atoms with Crippen LogP contribution in [0.4, 0.5) is 5.69 Å². The number of hydrogen-bond donors (Lipinski definition) is 1. The molecule has 2 bridgehead atoms. The molecule has 3 fully saturated rings. The second-order valence-corrected chi connectivity index (χ2v) is 13.6. The highest BCUT2D eigenvalue weighted by molar-refractivity contribution is 6.34. The van der Waals surface area contributed by atoms with E-state index < -0.39 is 41.0 Å². The summed E-state index contributed by atoms with van der Waals surface area (Å²) in [4.78, 5) is 49.5. The van der Waals surface area contributed by atoms with Crippen molar-refractivity contribution >= 4 is 35.0 Å². The third kappa shape index (κ3) is 5.76. The van der Waals surface area contributed by atoms with Crippen molar-refractivity contribution in [3.63, 3.8) is 0 Å². The van der Waals surface area contributed by atoms with E-state index in [9.17, 15) is 14.7 Å². The summed E-state index contributed by atoms with van der Waals surface area (Å²) in [5.74, 6) is -2.74. The van der Waals surface area contributed by atoms with Gasteiger partial charge < -0.3 is 24.5 Å². The van der Waals surface area contributed by atoms with Crippen molar-refractivity contribution in [2.75, 3.05) is 24.6 Å². The Labute approximate surface area is 287 Å². The van der Waals surface area contributed by atoms with Crippen molar-refractivity contribution in [2.24, 2.45) is 11.8 Å². The fourth-order valence-corrected chi connectivity index (χ4v) is 8.43. The Morgan fingerprint density at radius 1 is 0.958 bits per heavy atom. The average Bonchev–Trinajstić information content (AvgIpc) is 3.67. The number of nitrogens with zero attached hydrogens (tertiary/aromatic N) is 3. The number of aliphatic hydroxyl groups excluding tert-OH is 1. The number of carbonyl (C=O) groups excluding carboxylic acids is 3. The quantitative estimate of drug-likeness (QED) is 0.245. The molecule has 0 saturated carbocycles. The van der Waals surface area contributed by atoms with Crippen molar-refractivity contribution in [1.82, 2.24) is 9.80 Å². The van der Waals surface area contributed by atoms with Gasteiger partial charge in [-0.15, -0.1) is 13.2 Å². The predicted molar refractivity (Wildman–Crippen MR) is 186 cm³/mol. The van der Waals surface area contributed by atoms with E-state index >= 15 is 4.79 Å². The van der Waals surface area contributed by atoms with Crippen LogP contribution < -0.4 is 4.90 Å². The molecule has 3 aliphatic rings. The van der Waals surface area contributed by atoms with Crippen LogP contribution >= 0.6 is 11.6 Å². The highest BCUT2D eigenvalue weighted by Gasteiger charge is 2.79. The second-order valence-electron chi connectivity index (χ2n) is 13.2. The Morgan fingerprint density at radius 3 is 2.21 bits per heavy atom. The van der Waals surface area contributed by atoms with Crippen molar-refractivity contribution in [2.45, 2.75) is 56.0 Å². The molecule has 250 valence electrons. The van der Waals surface area contributed by atoms with E-state index in [2.05, 4.69) is 13.2 Å². The van der Waals surface area contributed by atoms with Crippen molar-refractivity contribution in [3.8, 4) is 0 Å². The monoisotopic (exact) mass is 667 g/mol. The van der Waals surface area contributed by atoms with Gasteiger partial charge in [-0.2, -0.15) is 0 Å². The Morgan fingerprint density at radius 2 is 1.58 bits per heavy atom. The number of para-hydroxylation sites is 1. The van der Waals surface area contributed by atoms with E-state index in [1.54, 1.807) is 41.3 Å². The molecule has 3 aliphatic heterocycles. The van der Waals surface area contributed by atoms with E-state index in [0.717, 1.165) is 11.1 Å². The normalized spacial score (nSPS) is 26.2. The second kappa shape index (κ2) is 13.7. The summed E-state index contributed by atoms with van der Waals surface area (Å²) < 4.78 is 6.93. The maximum atomic E-state index is 15.1. The molecule has 0 aliphatic carbocycles. The van der Waals surface area contributed by atoms with Crippen LogP contribution in [0.5, 0.6) is 0 Å². The Balaban J connectivity index is 1.46. The lowest BCUT2D eigenvalue weighted by Crippen LogP contribution is -2.59. The van der Waals surface area contributed by atoms with Gasteiger partial charge in [0.1, 0.15) is 11.6 Å². The minimum absolute atomic E-state index is 0.133. The van der Waals surface area contributed by atoms with Gasteiger partial charge in [0.25, 0.3) is 5.91 Å². The highest BCUT2D eigenvalue weighted by atomic mass is 35.5. The standard InChI is InChI=1S/C39H42ClN3O5/c1-4-22-41(25-28-16-10-7-11-17-28)35(45)32-33-36(46)43(29(26-44)24-27-14-8-6-9-15-27)34(39(33)21-20-38(32,3)48-39)37(47)42(23-5-2)31-19-13-12-18-30(31)40/h4-19,29,32-34,44H,1-2,20-26H2,3H3/t29-,32+,33+,34?,38-,39?/m1/s1. The predicted octanol–water partition coefficient (Wildman–Crippen LogP) is 5.44. The lowest BCUT2D eigenvalue weighted by atomic mass is 9.66. The van der Waals surface area contributed by atoms with Crippen molar-refractivity contribution in [1.29, 1.82) is 0 Å². The minimum Gasteiger partial charge on any atom is -0.394 e. The molecule has 8 nitrogen and oxygen atoms in total. The molecule has 3 heterocycles. The van der Waals surface area contributed by atoms with Gasteiger partial charge >= 0.3 is 0 Å². The molecule has 1 N–H and O–H groups in total. The lowest BCUT2D eigenvalue weighted by Gasteiger charge is -2.39. The summed E-state index contributed by atoms with van der Waals surface area (Å²) in [5.41, 5.74) is 0.0722. The third-order valence-electron chi connectivity index (χ3n) is 10.2. The molecule has 3 saturated heterocycles. The summed E-state index contributed by atoms with van der Waals surface area (Å²) in [6, 6.07) is 24.4. The first-order valence-electron chi connectivity index (χ1n) is 16.5. The number of ether oxygens (including phenoxy) is 1. The molecule has 0 aromatic heterocycles. The minimum atomic E-state index is -1.29. The number of rotatable bonds is 13.